The molecule has 0 amide bonds. The minimum Gasteiger partial charge on any atom is -0.465 e. The smallest absolute Gasteiger partial charge is 0.337 e. The largest absolute Gasteiger partial charge is 0.465 e. The second-order valence-corrected chi connectivity index (χ2v) is 9.88. The average molecular weight is 431 g/mol. The highest BCUT2D eigenvalue weighted by Gasteiger charge is 2.25. The Morgan fingerprint density at radius 1 is 1.07 bits per heavy atom. The molecule has 0 atom stereocenters. The molecule has 3 rings (SSSR count). The Bertz CT molecular complexity index is 921. The fraction of sp³-hybridized carbons (Fsp3) is 0.435. The minimum absolute atomic E-state index is 0.0799. The SMILES string of the molecule is COC(=O)c1ccc(CN(c2ccccc2)S(=O)(=O)CCN2CCC(C)CC2)cc1. The van der Waals surface area contributed by atoms with Gasteiger partial charge in [-0.1, -0.05) is 37.3 Å². The highest BCUT2D eigenvalue weighted by atomic mass is 32.2. The molecule has 1 heterocycles. The summed E-state index contributed by atoms with van der Waals surface area (Å²) in [7, 11) is -2.18. The molecular formula is C23H30N2O4S. The fourth-order valence-electron chi connectivity index (χ4n) is 3.61. The second-order valence-electron chi connectivity index (χ2n) is 7.87. The zero-order valence-electron chi connectivity index (χ0n) is 17.7. The van der Waals surface area contributed by atoms with E-state index in [0.717, 1.165) is 31.5 Å². The number of methoxy groups -OCH3 is 1. The van der Waals surface area contributed by atoms with Crippen molar-refractivity contribution in [2.45, 2.75) is 26.3 Å². The third-order valence-corrected chi connectivity index (χ3v) is 7.33. The average Bonchev–Trinajstić information content (AvgIpc) is 2.77. The summed E-state index contributed by atoms with van der Waals surface area (Å²) in [4.78, 5) is 13.9. The summed E-state index contributed by atoms with van der Waals surface area (Å²) in [6, 6.07) is 16.0. The van der Waals surface area contributed by atoms with Crippen molar-refractivity contribution < 1.29 is 17.9 Å². The van der Waals surface area contributed by atoms with Crippen molar-refractivity contribution >= 4 is 21.7 Å². The number of hydrogen-bond acceptors (Lipinski definition) is 5. The van der Waals surface area contributed by atoms with Crippen LogP contribution >= 0.6 is 0 Å². The van der Waals surface area contributed by atoms with Gasteiger partial charge in [-0.2, -0.15) is 0 Å². The molecule has 0 spiro atoms. The maximum atomic E-state index is 13.3. The Balaban J connectivity index is 1.76. The lowest BCUT2D eigenvalue weighted by atomic mass is 9.99. The molecule has 162 valence electrons. The van der Waals surface area contributed by atoms with Crippen molar-refractivity contribution in [3.63, 3.8) is 0 Å². The van der Waals surface area contributed by atoms with E-state index in [4.69, 9.17) is 4.74 Å². The van der Waals surface area contributed by atoms with Gasteiger partial charge in [0.05, 0.1) is 30.7 Å². The Kier molecular flexibility index (Phi) is 7.50. The van der Waals surface area contributed by atoms with Gasteiger partial charge >= 0.3 is 5.97 Å². The zero-order chi connectivity index (χ0) is 21.6. The zero-order valence-corrected chi connectivity index (χ0v) is 18.5. The van der Waals surface area contributed by atoms with Gasteiger partial charge in [0.25, 0.3) is 0 Å². The number of carbonyl (C=O) groups is 1. The number of rotatable bonds is 8. The van der Waals surface area contributed by atoms with Crippen LogP contribution in [0.25, 0.3) is 0 Å². The monoisotopic (exact) mass is 430 g/mol. The highest BCUT2D eigenvalue weighted by molar-refractivity contribution is 7.92. The molecular weight excluding hydrogens is 400 g/mol. The molecule has 0 aliphatic carbocycles. The molecule has 1 aliphatic heterocycles. The van der Waals surface area contributed by atoms with Gasteiger partial charge in [0, 0.05) is 6.54 Å². The number of piperidine rings is 1. The fourth-order valence-corrected chi connectivity index (χ4v) is 5.11. The lowest BCUT2D eigenvalue weighted by molar-refractivity contribution is 0.0600. The van der Waals surface area contributed by atoms with Crippen molar-refractivity contribution in [2.24, 2.45) is 5.92 Å². The van der Waals surface area contributed by atoms with E-state index in [1.807, 2.05) is 30.3 Å². The first-order valence-corrected chi connectivity index (χ1v) is 11.9. The van der Waals surface area contributed by atoms with E-state index < -0.39 is 16.0 Å². The summed E-state index contributed by atoms with van der Waals surface area (Å²) in [5.74, 6) is 0.382. The number of sulfonamides is 1. The molecule has 1 aliphatic rings. The van der Waals surface area contributed by atoms with Crippen LogP contribution in [0.1, 0.15) is 35.7 Å². The van der Waals surface area contributed by atoms with Crippen LogP contribution in [0.3, 0.4) is 0 Å². The number of esters is 1. The van der Waals surface area contributed by atoms with Crippen molar-refractivity contribution in [1.82, 2.24) is 4.90 Å². The normalized spacial score (nSPS) is 15.7. The molecule has 2 aromatic rings. The Morgan fingerprint density at radius 3 is 2.30 bits per heavy atom. The van der Waals surface area contributed by atoms with E-state index in [-0.39, 0.29) is 12.3 Å². The molecule has 0 saturated carbocycles. The van der Waals surface area contributed by atoms with Crippen LogP contribution < -0.4 is 4.31 Å². The van der Waals surface area contributed by atoms with Crippen LogP contribution in [0.4, 0.5) is 5.69 Å². The molecule has 1 saturated heterocycles. The van der Waals surface area contributed by atoms with Gasteiger partial charge in [0.2, 0.25) is 10.0 Å². The number of carbonyl (C=O) groups excluding carboxylic acids is 1. The maximum absolute atomic E-state index is 13.3. The van der Waals surface area contributed by atoms with Gasteiger partial charge in [-0.3, -0.25) is 4.31 Å². The van der Waals surface area contributed by atoms with Gasteiger partial charge in [0.15, 0.2) is 0 Å². The first-order chi connectivity index (χ1) is 14.4. The van der Waals surface area contributed by atoms with Crippen LogP contribution in [-0.4, -0.2) is 51.8 Å². The summed E-state index contributed by atoms with van der Waals surface area (Å²) in [5.41, 5.74) is 1.89. The van der Waals surface area contributed by atoms with Crippen LogP contribution in [0.15, 0.2) is 54.6 Å². The highest BCUT2D eigenvalue weighted by Crippen LogP contribution is 2.22. The first-order valence-electron chi connectivity index (χ1n) is 10.3. The summed E-state index contributed by atoms with van der Waals surface area (Å²) in [6.07, 6.45) is 2.24. The topological polar surface area (TPSA) is 66.9 Å². The third kappa shape index (κ3) is 5.83. The summed E-state index contributed by atoms with van der Waals surface area (Å²) < 4.78 is 32.8. The van der Waals surface area contributed by atoms with Crippen molar-refractivity contribution in [3.05, 3.63) is 65.7 Å². The molecule has 0 unspecified atom stereocenters. The van der Waals surface area contributed by atoms with Crippen LogP contribution in [0, 0.1) is 5.92 Å². The Labute approximate surface area is 179 Å². The number of para-hydroxylation sites is 1. The van der Waals surface area contributed by atoms with Gasteiger partial charge in [-0.25, -0.2) is 13.2 Å². The molecule has 0 aromatic heterocycles. The quantitative estimate of drug-likeness (QED) is 0.599. The van der Waals surface area contributed by atoms with Crippen LogP contribution in [-0.2, 0) is 21.3 Å². The summed E-state index contributed by atoms with van der Waals surface area (Å²) in [6.45, 7) is 4.91. The first kappa shape index (κ1) is 22.3. The molecule has 6 nitrogen and oxygen atoms in total. The molecule has 7 heteroatoms. The minimum atomic E-state index is -3.52. The maximum Gasteiger partial charge on any atom is 0.337 e. The molecule has 0 bridgehead atoms. The molecule has 0 N–H and O–H groups in total. The molecule has 0 radical (unpaired) electrons. The van der Waals surface area contributed by atoms with Gasteiger partial charge < -0.3 is 9.64 Å². The van der Waals surface area contributed by atoms with Crippen molar-refractivity contribution in [2.75, 3.05) is 36.8 Å². The predicted molar refractivity (Wildman–Crippen MR) is 119 cm³/mol. The molecule has 1 fully saturated rings. The van der Waals surface area contributed by atoms with E-state index in [1.54, 1.807) is 24.3 Å². The van der Waals surface area contributed by atoms with Crippen LogP contribution in [0.5, 0.6) is 0 Å². The lowest BCUT2D eigenvalue weighted by Crippen LogP contribution is -2.40. The number of hydrogen-bond donors (Lipinski definition) is 0. The van der Waals surface area contributed by atoms with E-state index in [1.165, 1.54) is 11.4 Å². The number of benzene rings is 2. The summed E-state index contributed by atoms with van der Waals surface area (Å²) >= 11 is 0. The van der Waals surface area contributed by atoms with Gasteiger partial charge in [-0.15, -0.1) is 0 Å². The standard InChI is InChI=1S/C23H30N2O4S/c1-19-12-14-24(15-13-19)16-17-30(27,28)25(22-6-4-3-5-7-22)18-20-8-10-21(11-9-20)23(26)29-2/h3-11,19H,12-18H2,1-2H3. The Morgan fingerprint density at radius 2 is 1.70 bits per heavy atom. The van der Waals surface area contributed by atoms with Crippen molar-refractivity contribution in [1.29, 1.82) is 0 Å². The van der Waals surface area contributed by atoms with Gasteiger partial charge in [-0.05, 0) is 61.7 Å². The van der Waals surface area contributed by atoms with Gasteiger partial charge in [0.1, 0.15) is 0 Å². The predicted octanol–water partition coefficient (Wildman–Crippen LogP) is 3.54. The number of likely N-dealkylation sites (tertiary alicyclic amines) is 1. The summed E-state index contributed by atoms with van der Waals surface area (Å²) in [5, 5.41) is 0. The van der Waals surface area contributed by atoms with Crippen molar-refractivity contribution in [3.8, 4) is 0 Å². The number of nitrogens with zero attached hydrogens (tertiary/aromatic N) is 2. The van der Waals surface area contributed by atoms with E-state index in [0.29, 0.717) is 23.7 Å². The second kappa shape index (κ2) is 10.1. The van der Waals surface area contributed by atoms with E-state index in [2.05, 4.69) is 11.8 Å². The molecule has 30 heavy (non-hydrogen) atoms. The van der Waals surface area contributed by atoms with E-state index in [9.17, 15) is 13.2 Å². The number of anilines is 1. The lowest BCUT2D eigenvalue weighted by Gasteiger charge is -2.31. The van der Waals surface area contributed by atoms with E-state index >= 15 is 0 Å². The van der Waals surface area contributed by atoms with Crippen LogP contribution in [0.2, 0.25) is 0 Å². The third-order valence-electron chi connectivity index (χ3n) is 5.62. The molecule has 2 aromatic carbocycles. The number of ether oxygens (including phenoxy) is 1. The Hall–Kier alpha value is -2.38.